The molecule has 2 heterocycles. The molecule has 0 fully saturated rings. The van der Waals surface area contributed by atoms with Gasteiger partial charge in [-0.1, -0.05) is 12.1 Å². The summed E-state index contributed by atoms with van der Waals surface area (Å²) in [4.78, 5) is 11.3. The zero-order chi connectivity index (χ0) is 22.8. The van der Waals surface area contributed by atoms with Crippen molar-refractivity contribution in [2.24, 2.45) is 5.73 Å². The van der Waals surface area contributed by atoms with E-state index in [1.165, 1.54) is 0 Å². The van der Waals surface area contributed by atoms with Crippen LogP contribution >= 0.6 is 0 Å². The number of primary amides is 1. The largest absolute Gasteiger partial charge is 0.508 e. The Morgan fingerprint density at radius 1 is 1.16 bits per heavy atom. The lowest BCUT2D eigenvalue weighted by atomic mass is 9.97. The fourth-order valence-electron chi connectivity index (χ4n) is 4.25. The van der Waals surface area contributed by atoms with Crippen LogP contribution in [0.25, 0.3) is 5.69 Å². The van der Waals surface area contributed by atoms with Gasteiger partial charge in [-0.15, -0.1) is 0 Å². The van der Waals surface area contributed by atoms with Gasteiger partial charge in [0.05, 0.1) is 38.1 Å². The van der Waals surface area contributed by atoms with E-state index in [9.17, 15) is 15.0 Å². The van der Waals surface area contributed by atoms with Gasteiger partial charge < -0.3 is 34.7 Å². The monoisotopic (exact) mass is 438 g/mol. The van der Waals surface area contributed by atoms with Gasteiger partial charge >= 0.3 is 0 Å². The van der Waals surface area contributed by atoms with Crippen LogP contribution in [0.15, 0.2) is 54.7 Å². The number of aromatic hydroxyl groups is 1. The van der Waals surface area contributed by atoms with E-state index in [4.69, 9.17) is 19.9 Å². The second kappa shape index (κ2) is 8.94. The molecular weight excluding hydrogens is 412 g/mol. The number of ether oxygens (including phenoxy) is 3. The number of phenolic OH excluding ortho intramolecular Hbond substituents is 1. The second-order valence-electron chi connectivity index (χ2n) is 7.69. The first kappa shape index (κ1) is 21.7. The average molecular weight is 438 g/mol. The fourth-order valence-corrected chi connectivity index (χ4v) is 4.25. The highest BCUT2D eigenvalue weighted by atomic mass is 16.5. The SMILES string of the molecule is COc1cccc([C@H]2O[C@H](CC(O)CC(N)=O)c3cccn3-c3ccc(O)cc32)c1OC. The molecule has 0 radical (unpaired) electrons. The summed E-state index contributed by atoms with van der Waals surface area (Å²) in [5, 5.41) is 20.7. The van der Waals surface area contributed by atoms with E-state index in [-0.39, 0.29) is 18.6 Å². The summed E-state index contributed by atoms with van der Waals surface area (Å²) in [6, 6.07) is 14.4. The molecule has 1 aliphatic rings. The van der Waals surface area contributed by atoms with Crippen molar-refractivity contribution < 1.29 is 29.2 Å². The maximum atomic E-state index is 11.3. The maximum Gasteiger partial charge on any atom is 0.220 e. The van der Waals surface area contributed by atoms with E-state index in [0.717, 1.165) is 16.9 Å². The zero-order valence-electron chi connectivity index (χ0n) is 17.9. The minimum atomic E-state index is -0.969. The van der Waals surface area contributed by atoms with Crippen LogP contribution in [0.1, 0.15) is 41.9 Å². The van der Waals surface area contributed by atoms with Gasteiger partial charge in [0.15, 0.2) is 11.5 Å². The molecule has 168 valence electrons. The predicted molar refractivity (Wildman–Crippen MR) is 117 cm³/mol. The van der Waals surface area contributed by atoms with Crippen LogP contribution in [-0.2, 0) is 9.53 Å². The number of aliphatic hydroxyl groups excluding tert-OH is 1. The number of benzene rings is 2. The summed E-state index contributed by atoms with van der Waals surface area (Å²) in [6.45, 7) is 0. The Kier molecular flexibility index (Phi) is 6.07. The average Bonchev–Trinajstić information content (AvgIpc) is 3.21. The summed E-state index contributed by atoms with van der Waals surface area (Å²) in [7, 11) is 3.11. The Labute approximate surface area is 185 Å². The molecule has 8 nitrogen and oxygen atoms in total. The van der Waals surface area contributed by atoms with Gasteiger partial charge in [0.1, 0.15) is 18.0 Å². The number of hydrogen-bond acceptors (Lipinski definition) is 6. The van der Waals surface area contributed by atoms with Crippen LogP contribution in [0.3, 0.4) is 0 Å². The third-order valence-electron chi connectivity index (χ3n) is 5.60. The number of nitrogens with zero attached hydrogens (tertiary/aromatic N) is 1. The highest BCUT2D eigenvalue weighted by Crippen LogP contribution is 2.46. The van der Waals surface area contributed by atoms with E-state index < -0.39 is 24.2 Å². The highest BCUT2D eigenvalue weighted by molar-refractivity contribution is 5.74. The first-order valence-electron chi connectivity index (χ1n) is 10.3. The summed E-state index contributed by atoms with van der Waals surface area (Å²) < 4.78 is 19.7. The topological polar surface area (TPSA) is 116 Å². The number of aromatic nitrogens is 1. The van der Waals surface area contributed by atoms with E-state index in [1.54, 1.807) is 32.4 Å². The normalized spacial score (nSPS) is 18.2. The van der Waals surface area contributed by atoms with Gasteiger partial charge in [-0.25, -0.2) is 0 Å². The number of methoxy groups -OCH3 is 2. The smallest absolute Gasteiger partial charge is 0.220 e. The van der Waals surface area contributed by atoms with Crippen molar-refractivity contribution in [3.8, 4) is 22.9 Å². The highest BCUT2D eigenvalue weighted by Gasteiger charge is 2.34. The number of fused-ring (bicyclic) bond motifs is 3. The Balaban J connectivity index is 1.87. The molecule has 3 aromatic rings. The molecule has 1 aromatic heterocycles. The van der Waals surface area contributed by atoms with Gasteiger partial charge in [0.2, 0.25) is 5.91 Å². The Hall–Kier alpha value is -3.49. The number of carbonyl (C=O) groups excluding carboxylic acids is 1. The molecule has 0 aliphatic carbocycles. The van der Waals surface area contributed by atoms with E-state index in [2.05, 4.69) is 0 Å². The first-order chi connectivity index (χ1) is 15.4. The number of nitrogens with two attached hydrogens (primary N) is 1. The first-order valence-corrected chi connectivity index (χ1v) is 10.3. The molecule has 4 rings (SSSR count). The van der Waals surface area contributed by atoms with Gasteiger partial charge in [-0.3, -0.25) is 4.79 Å². The number of carbonyl (C=O) groups is 1. The van der Waals surface area contributed by atoms with Crippen molar-refractivity contribution in [1.29, 1.82) is 0 Å². The van der Waals surface area contributed by atoms with Crippen LogP contribution in [0.4, 0.5) is 0 Å². The van der Waals surface area contributed by atoms with E-state index >= 15 is 0 Å². The van der Waals surface area contributed by atoms with Crippen LogP contribution < -0.4 is 15.2 Å². The van der Waals surface area contributed by atoms with Gasteiger partial charge in [-0.05, 0) is 36.4 Å². The number of phenols is 1. The Bertz CT molecular complexity index is 1130. The van der Waals surface area contributed by atoms with Crippen LogP contribution in [0.5, 0.6) is 17.2 Å². The maximum absolute atomic E-state index is 11.3. The van der Waals surface area contributed by atoms with Crippen molar-refractivity contribution in [3.05, 3.63) is 71.5 Å². The van der Waals surface area contributed by atoms with E-state index in [0.29, 0.717) is 17.1 Å². The van der Waals surface area contributed by atoms with Crippen LogP contribution in [0.2, 0.25) is 0 Å². The number of para-hydroxylation sites is 1. The third-order valence-corrected chi connectivity index (χ3v) is 5.60. The van der Waals surface area contributed by atoms with Crippen LogP contribution in [-0.4, -0.2) is 41.0 Å². The summed E-state index contributed by atoms with van der Waals surface area (Å²) in [5.41, 5.74) is 8.34. The van der Waals surface area contributed by atoms with Gasteiger partial charge in [0.25, 0.3) is 0 Å². The molecule has 32 heavy (non-hydrogen) atoms. The molecule has 0 saturated heterocycles. The molecule has 1 amide bonds. The van der Waals surface area contributed by atoms with Crippen molar-refractivity contribution in [2.45, 2.75) is 31.2 Å². The minimum Gasteiger partial charge on any atom is -0.508 e. The van der Waals surface area contributed by atoms with Gasteiger partial charge in [-0.2, -0.15) is 0 Å². The second-order valence-corrected chi connectivity index (χ2v) is 7.69. The summed E-state index contributed by atoms with van der Waals surface area (Å²) in [6.07, 6.45) is -0.282. The third kappa shape index (κ3) is 4.02. The molecule has 1 unspecified atom stereocenters. The number of aliphatic hydroxyl groups is 1. The number of hydrogen-bond donors (Lipinski definition) is 3. The van der Waals surface area contributed by atoms with Crippen LogP contribution in [0, 0.1) is 0 Å². The van der Waals surface area contributed by atoms with Gasteiger partial charge in [0, 0.05) is 23.7 Å². The predicted octanol–water partition coefficient (Wildman–Crippen LogP) is 2.99. The van der Waals surface area contributed by atoms with Crippen molar-refractivity contribution >= 4 is 5.91 Å². The Morgan fingerprint density at radius 2 is 1.97 bits per heavy atom. The Morgan fingerprint density at radius 3 is 2.69 bits per heavy atom. The van der Waals surface area contributed by atoms with E-state index in [1.807, 2.05) is 41.1 Å². The molecule has 8 heteroatoms. The lowest BCUT2D eigenvalue weighted by molar-refractivity contribution is -0.120. The molecule has 4 N–H and O–H groups in total. The zero-order valence-corrected chi connectivity index (χ0v) is 17.9. The van der Waals surface area contributed by atoms with Crippen molar-refractivity contribution in [3.63, 3.8) is 0 Å². The number of amides is 1. The molecule has 2 aromatic carbocycles. The summed E-state index contributed by atoms with van der Waals surface area (Å²) in [5.74, 6) is 0.572. The van der Waals surface area contributed by atoms with Crippen molar-refractivity contribution in [1.82, 2.24) is 4.57 Å². The molecule has 0 saturated carbocycles. The fraction of sp³-hybridized carbons (Fsp3) is 0.292. The lowest BCUT2D eigenvalue weighted by Gasteiger charge is -2.26. The quantitative estimate of drug-likeness (QED) is 0.522. The molecule has 1 aliphatic heterocycles. The minimum absolute atomic E-state index is 0.0973. The molecule has 0 spiro atoms. The molecule has 3 atom stereocenters. The molecule has 0 bridgehead atoms. The van der Waals surface area contributed by atoms with Crippen molar-refractivity contribution in [2.75, 3.05) is 14.2 Å². The molecular formula is C24H26N2O6. The lowest BCUT2D eigenvalue weighted by Crippen LogP contribution is -2.23. The standard InChI is InChI=1S/C24H26N2O6/c1-30-20-7-3-5-16(24(20)31-2)23-17-11-14(27)8-9-18(17)26-10-4-6-19(26)21(32-23)12-15(28)13-22(25)29/h3-11,15,21,23,27-28H,12-13H2,1-2H3,(H2,25,29)/t15?,21-,23-/m1/s1. The summed E-state index contributed by atoms with van der Waals surface area (Å²) >= 11 is 0. The number of rotatable bonds is 7.